The zero-order chi connectivity index (χ0) is 43.7. The summed E-state index contributed by atoms with van der Waals surface area (Å²) in [4.78, 5) is 106. The first-order valence-corrected chi connectivity index (χ1v) is 20.8. The van der Waals surface area contributed by atoms with E-state index in [0.29, 0.717) is 12.8 Å². The quantitative estimate of drug-likeness (QED) is 0.0404. The zero-order valence-corrected chi connectivity index (χ0v) is 34.5. The fourth-order valence-electron chi connectivity index (χ4n) is 6.08. The molecular formula is C40H69N5O13. The van der Waals surface area contributed by atoms with Gasteiger partial charge >= 0.3 is 23.9 Å². The smallest absolute Gasteiger partial charge is 0.326 e. The number of nitrogens with one attached hydrogen (secondary N) is 5. The van der Waals surface area contributed by atoms with E-state index in [2.05, 4.69) is 26.6 Å². The molecule has 18 heteroatoms. The molecule has 0 aromatic rings. The first-order chi connectivity index (χ1) is 27.5. The van der Waals surface area contributed by atoms with Crippen molar-refractivity contribution in [2.24, 2.45) is 0 Å². The molecule has 58 heavy (non-hydrogen) atoms. The van der Waals surface area contributed by atoms with Crippen LogP contribution in [0.1, 0.15) is 168 Å². The minimum Gasteiger partial charge on any atom is -0.481 e. The second-order valence-corrected chi connectivity index (χ2v) is 15.0. The number of hydrogen-bond donors (Lipinski definition) is 9. The highest BCUT2D eigenvalue weighted by molar-refractivity contribution is 5.86. The van der Waals surface area contributed by atoms with E-state index in [-0.39, 0.29) is 69.7 Å². The van der Waals surface area contributed by atoms with Crippen molar-refractivity contribution in [2.45, 2.75) is 192 Å². The van der Waals surface area contributed by atoms with Gasteiger partial charge in [0.25, 0.3) is 0 Å². The summed E-state index contributed by atoms with van der Waals surface area (Å²) in [5.41, 5.74) is 0. The van der Waals surface area contributed by atoms with Crippen LogP contribution in [0.4, 0.5) is 0 Å². The average Bonchev–Trinajstić information content (AvgIpc) is 3.14. The Morgan fingerprint density at radius 3 is 1.03 bits per heavy atom. The van der Waals surface area contributed by atoms with E-state index >= 15 is 0 Å². The van der Waals surface area contributed by atoms with Gasteiger partial charge in [0, 0.05) is 50.6 Å². The Morgan fingerprint density at radius 2 is 0.672 bits per heavy atom. The number of unbranched alkanes of at least 4 members (excludes halogenated alkanes) is 13. The van der Waals surface area contributed by atoms with Crippen LogP contribution < -0.4 is 26.6 Å². The highest BCUT2D eigenvalue weighted by Crippen LogP contribution is 2.14. The molecule has 0 spiro atoms. The van der Waals surface area contributed by atoms with Crippen molar-refractivity contribution in [3.8, 4) is 0 Å². The molecule has 0 saturated carbocycles. The minimum absolute atomic E-state index is 0.0347. The SMILES string of the molecule is CC(CCC(=O)NCC(=O)O)NC(=O)CCC(C)NC(=O)CC[C@H](NC(=O)CCC(NC(=O)CCCCCCCCCCCCCCCCC(=O)O)C(=O)O)C(=O)O. The molecular weight excluding hydrogens is 758 g/mol. The Bertz CT molecular complexity index is 1300. The molecule has 0 aliphatic rings. The van der Waals surface area contributed by atoms with E-state index in [1.165, 1.54) is 25.7 Å². The zero-order valence-electron chi connectivity index (χ0n) is 34.5. The van der Waals surface area contributed by atoms with E-state index < -0.39 is 72.2 Å². The standard InChI is InChI=1S/C40H69N5O13/c1-28(19-23-32(46)41-27-38(53)54)42-34(48)24-20-29(2)43-35(49)25-21-31(40(57)58)45-36(50)26-22-30(39(55)56)44-33(47)17-15-13-11-9-7-5-3-4-6-8-10-12-14-16-18-37(51)52/h28-31H,3-27H2,1-2H3,(H,41,46)(H,42,48)(H,43,49)(H,44,47)(H,45,50)(H,51,52)(H,53,54)(H,55,56)(H,57,58)/t28?,29?,30?,31-/m0/s1. The predicted octanol–water partition coefficient (Wildman–Crippen LogP) is 3.78. The third kappa shape index (κ3) is 32.3. The second kappa shape index (κ2) is 33.2. The number of carboxylic acids is 4. The molecule has 0 bridgehead atoms. The Morgan fingerprint density at radius 1 is 0.362 bits per heavy atom. The van der Waals surface area contributed by atoms with Crippen molar-refractivity contribution in [3.63, 3.8) is 0 Å². The van der Waals surface area contributed by atoms with Crippen LogP contribution in [0.3, 0.4) is 0 Å². The first kappa shape index (κ1) is 53.2. The summed E-state index contributed by atoms with van der Waals surface area (Å²) >= 11 is 0. The van der Waals surface area contributed by atoms with E-state index in [0.717, 1.165) is 57.8 Å². The normalized spacial score (nSPS) is 12.9. The second-order valence-electron chi connectivity index (χ2n) is 15.0. The highest BCUT2D eigenvalue weighted by atomic mass is 16.4. The van der Waals surface area contributed by atoms with E-state index in [1.54, 1.807) is 13.8 Å². The van der Waals surface area contributed by atoms with Gasteiger partial charge in [0.15, 0.2) is 0 Å². The van der Waals surface area contributed by atoms with E-state index in [4.69, 9.17) is 10.2 Å². The third-order valence-electron chi connectivity index (χ3n) is 9.49. The lowest BCUT2D eigenvalue weighted by molar-refractivity contribution is -0.143. The monoisotopic (exact) mass is 827 g/mol. The van der Waals surface area contributed by atoms with Crippen LogP contribution in [-0.4, -0.2) is 105 Å². The van der Waals surface area contributed by atoms with Crippen molar-refractivity contribution >= 4 is 53.4 Å². The number of carbonyl (C=O) groups is 9. The topological polar surface area (TPSA) is 295 Å². The van der Waals surface area contributed by atoms with Gasteiger partial charge in [-0.25, -0.2) is 9.59 Å². The van der Waals surface area contributed by atoms with Crippen molar-refractivity contribution in [3.05, 3.63) is 0 Å². The number of amides is 5. The third-order valence-corrected chi connectivity index (χ3v) is 9.49. The van der Waals surface area contributed by atoms with Gasteiger partial charge < -0.3 is 47.0 Å². The maximum Gasteiger partial charge on any atom is 0.326 e. The number of carboxylic acid groups (broad SMARTS) is 4. The first-order valence-electron chi connectivity index (χ1n) is 20.8. The number of hydrogen-bond acceptors (Lipinski definition) is 9. The molecule has 0 aromatic carbocycles. The van der Waals surface area contributed by atoms with Crippen LogP contribution in [-0.2, 0) is 43.2 Å². The molecule has 0 saturated heterocycles. The average molecular weight is 828 g/mol. The maximum absolute atomic E-state index is 12.5. The lowest BCUT2D eigenvalue weighted by Gasteiger charge is -2.18. The minimum atomic E-state index is -1.41. The van der Waals surface area contributed by atoms with Gasteiger partial charge in [0.05, 0.1) is 0 Å². The molecule has 0 radical (unpaired) electrons. The predicted molar refractivity (Wildman–Crippen MR) is 213 cm³/mol. The molecule has 0 aliphatic carbocycles. The van der Waals surface area contributed by atoms with Gasteiger partial charge in [-0.05, 0) is 52.4 Å². The Labute approximate surface area is 341 Å². The van der Waals surface area contributed by atoms with E-state index in [1.807, 2.05) is 0 Å². The summed E-state index contributed by atoms with van der Waals surface area (Å²) in [6.07, 6.45) is 14.5. The van der Waals surface area contributed by atoms with Crippen LogP contribution in [0, 0.1) is 0 Å². The number of rotatable bonds is 37. The highest BCUT2D eigenvalue weighted by Gasteiger charge is 2.25. The molecule has 0 heterocycles. The lowest BCUT2D eigenvalue weighted by Crippen LogP contribution is -2.44. The molecule has 0 aromatic heterocycles. The molecule has 332 valence electrons. The van der Waals surface area contributed by atoms with Crippen molar-refractivity contribution < 1.29 is 63.6 Å². The molecule has 9 N–H and O–H groups in total. The summed E-state index contributed by atoms with van der Waals surface area (Å²) in [6, 6.07) is -3.52. The molecule has 18 nitrogen and oxygen atoms in total. The van der Waals surface area contributed by atoms with Gasteiger partial charge in [0.2, 0.25) is 29.5 Å². The van der Waals surface area contributed by atoms with Crippen molar-refractivity contribution in [2.75, 3.05) is 6.54 Å². The Hall–Kier alpha value is -4.77. The Balaban J connectivity index is 4.25. The summed E-state index contributed by atoms with van der Waals surface area (Å²) in [7, 11) is 0. The fraction of sp³-hybridized carbons (Fsp3) is 0.775. The Kier molecular flexibility index (Phi) is 30.5. The summed E-state index contributed by atoms with van der Waals surface area (Å²) in [6.45, 7) is 2.88. The van der Waals surface area contributed by atoms with E-state index in [9.17, 15) is 53.4 Å². The lowest BCUT2D eigenvalue weighted by atomic mass is 10.0. The summed E-state index contributed by atoms with van der Waals surface area (Å²) < 4.78 is 0. The fourth-order valence-corrected chi connectivity index (χ4v) is 6.08. The number of aliphatic carboxylic acids is 4. The van der Waals surface area contributed by atoms with Crippen LogP contribution in [0.5, 0.6) is 0 Å². The molecule has 0 fully saturated rings. The number of carbonyl (C=O) groups excluding carboxylic acids is 5. The molecule has 0 aliphatic heterocycles. The van der Waals surface area contributed by atoms with Crippen LogP contribution in [0.2, 0.25) is 0 Å². The van der Waals surface area contributed by atoms with Crippen LogP contribution >= 0.6 is 0 Å². The molecule has 5 amide bonds. The molecule has 4 atom stereocenters. The van der Waals surface area contributed by atoms with Gasteiger partial charge in [-0.15, -0.1) is 0 Å². The largest absolute Gasteiger partial charge is 0.481 e. The van der Waals surface area contributed by atoms with Crippen LogP contribution in [0.15, 0.2) is 0 Å². The molecule has 0 rings (SSSR count). The van der Waals surface area contributed by atoms with Gasteiger partial charge in [-0.3, -0.25) is 33.6 Å². The van der Waals surface area contributed by atoms with Gasteiger partial charge in [0.1, 0.15) is 18.6 Å². The van der Waals surface area contributed by atoms with Crippen molar-refractivity contribution in [1.29, 1.82) is 0 Å². The maximum atomic E-state index is 12.5. The van der Waals surface area contributed by atoms with Gasteiger partial charge in [-0.1, -0.05) is 77.0 Å². The van der Waals surface area contributed by atoms with Crippen LogP contribution in [0.25, 0.3) is 0 Å². The summed E-state index contributed by atoms with van der Waals surface area (Å²) in [5, 5.41) is 48.8. The summed E-state index contributed by atoms with van der Waals surface area (Å²) in [5.74, 6) is -7.02. The molecule has 3 unspecified atom stereocenters. The van der Waals surface area contributed by atoms with Gasteiger partial charge in [-0.2, -0.15) is 0 Å². The van der Waals surface area contributed by atoms with Crippen molar-refractivity contribution in [1.82, 2.24) is 26.6 Å².